The molecule has 2 unspecified atom stereocenters. The van der Waals surface area contributed by atoms with E-state index in [9.17, 15) is 37.5 Å². The van der Waals surface area contributed by atoms with Crippen molar-refractivity contribution in [3.8, 4) is 0 Å². The van der Waals surface area contributed by atoms with Gasteiger partial charge in [-0.25, -0.2) is 9.78 Å². The Bertz CT molecular complexity index is 2600. The van der Waals surface area contributed by atoms with Gasteiger partial charge in [0.05, 0.1) is 28.2 Å². The van der Waals surface area contributed by atoms with Gasteiger partial charge in [0.25, 0.3) is 5.91 Å². The SMILES string of the molecule is Cn1c(=O)n(C2CCC(=O)NC2=O)c2cccc(CC3C[C@@H]4CN(CC5CCC(n6cc7cc(NC(=O)c8cccc(C(F)(F)F)n8)c(C(C)(C)O)cc7n6)CC5)C[C@H]3[N-]4)c21. The number of carbonyl (C=O) groups is 3. The molecule has 1 aliphatic carbocycles. The van der Waals surface area contributed by atoms with Gasteiger partial charge in [0, 0.05) is 42.8 Å². The molecule has 5 aromatic rings. The molecule has 9 rings (SSSR count). The lowest BCUT2D eigenvalue weighted by Gasteiger charge is -2.45. The number of likely N-dealkylation sites (tertiary alicyclic amines) is 1. The number of aryl methyl sites for hydroxylation is 1. The summed E-state index contributed by atoms with van der Waals surface area (Å²) in [6, 6.07) is 12.4. The van der Waals surface area contributed by atoms with E-state index < -0.39 is 35.3 Å². The summed E-state index contributed by atoms with van der Waals surface area (Å²) < 4.78 is 45.0. The maximum Gasteiger partial charge on any atom is 0.433 e. The van der Waals surface area contributed by atoms with E-state index in [1.807, 2.05) is 23.0 Å². The molecule has 3 aromatic heterocycles. The van der Waals surface area contributed by atoms with Crippen LogP contribution in [0.5, 0.6) is 0 Å². The minimum absolute atomic E-state index is 0.169. The predicted molar refractivity (Wildman–Crippen MR) is 221 cm³/mol. The van der Waals surface area contributed by atoms with Crippen LogP contribution in [-0.2, 0) is 34.8 Å². The minimum atomic E-state index is -4.70. The Balaban J connectivity index is 0.834. The van der Waals surface area contributed by atoms with Gasteiger partial charge in [0.2, 0.25) is 11.8 Å². The van der Waals surface area contributed by atoms with Gasteiger partial charge in [0.15, 0.2) is 0 Å². The summed E-state index contributed by atoms with van der Waals surface area (Å²) in [7, 11) is 1.75. The number of pyridine rings is 1. The number of carbonyl (C=O) groups excluding carboxylic acids is 3. The van der Waals surface area contributed by atoms with Crippen LogP contribution in [0.3, 0.4) is 0 Å². The molecule has 6 heterocycles. The number of aromatic nitrogens is 5. The summed E-state index contributed by atoms with van der Waals surface area (Å²) in [4.78, 5) is 57.3. The fourth-order valence-electron chi connectivity index (χ4n) is 10.2. The van der Waals surface area contributed by atoms with Crippen molar-refractivity contribution >= 4 is 45.3 Å². The number of rotatable bonds is 9. The van der Waals surface area contributed by atoms with Crippen molar-refractivity contribution < 1.29 is 32.7 Å². The predicted octanol–water partition coefficient (Wildman–Crippen LogP) is 5.98. The molecular weight excluding hydrogens is 792 g/mol. The molecule has 14 nitrogen and oxygen atoms in total. The average Bonchev–Trinajstić information content (AvgIpc) is 3.84. The van der Waals surface area contributed by atoms with Gasteiger partial charge in [-0.15, -0.1) is 12.1 Å². The molecule has 1 saturated carbocycles. The normalized spacial score (nSPS) is 25.0. The molecule has 3 saturated heterocycles. The van der Waals surface area contributed by atoms with Crippen LogP contribution < -0.4 is 16.3 Å². The molecule has 61 heavy (non-hydrogen) atoms. The highest BCUT2D eigenvalue weighted by Crippen LogP contribution is 2.41. The van der Waals surface area contributed by atoms with Gasteiger partial charge >= 0.3 is 11.9 Å². The van der Waals surface area contributed by atoms with Gasteiger partial charge < -0.3 is 20.6 Å². The number of hydrogen-bond donors (Lipinski definition) is 3. The molecule has 4 aliphatic rings. The Kier molecular flexibility index (Phi) is 10.4. The monoisotopic (exact) mass is 840 g/mol. The molecule has 0 spiro atoms. The molecule has 3 amide bonds. The highest BCUT2D eigenvalue weighted by Gasteiger charge is 2.36. The first-order valence-corrected chi connectivity index (χ1v) is 21.1. The highest BCUT2D eigenvalue weighted by atomic mass is 19.4. The number of anilines is 1. The van der Waals surface area contributed by atoms with E-state index in [4.69, 9.17) is 10.4 Å². The van der Waals surface area contributed by atoms with Crippen molar-refractivity contribution in [3.63, 3.8) is 0 Å². The first-order valence-electron chi connectivity index (χ1n) is 21.1. The number of imidazole rings is 1. The van der Waals surface area contributed by atoms with Crippen molar-refractivity contribution in [2.45, 2.75) is 101 Å². The number of hydrogen-bond acceptors (Lipinski definition) is 8. The molecule has 3 aliphatic heterocycles. The molecular formula is C44H49F3N9O5-. The van der Waals surface area contributed by atoms with Crippen molar-refractivity contribution in [1.82, 2.24) is 34.1 Å². The second-order valence-electron chi connectivity index (χ2n) is 17.9. The smallest absolute Gasteiger partial charge is 0.433 e. The third kappa shape index (κ3) is 7.98. The van der Waals surface area contributed by atoms with Crippen LogP contribution >= 0.6 is 0 Å². The van der Waals surface area contributed by atoms with E-state index in [0.29, 0.717) is 34.9 Å². The van der Waals surface area contributed by atoms with E-state index in [1.54, 1.807) is 42.2 Å². The number of nitrogens with one attached hydrogen (secondary N) is 2. The number of piperazine rings is 1. The number of nitrogens with zero attached hydrogens (tertiary/aromatic N) is 7. The number of benzene rings is 2. The minimum Gasteiger partial charge on any atom is -0.654 e. The average molecular weight is 841 g/mol. The quantitative estimate of drug-likeness (QED) is 0.152. The third-order valence-electron chi connectivity index (χ3n) is 13.2. The highest BCUT2D eigenvalue weighted by molar-refractivity contribution is 6.04. The third-order valence-corrected chi connectivity index (χ3v) is 13.2. The Hall–Kier alpha value is -5.39. The molecule has 4 atom stereocenters. The Labute approximate surface area is 349 Å². The van der Waals surface area contributed by atoms with Gasteiger partial charge in [0.1, 0.15) is 17.4 Å². The zero-order chi connectivity index (χ0) is 43.0. The van der Waals surface area contributed by atoms with Crippen molar-refractivity contribution in [2.24, 2.45) is 18.9 Å². The molecule has 322 valence electrons. The molecule has 17 heteroatoms. The van der Waals surface area contributed by atoms with E-state index in [0.717, 1.165) is 86.8 Å². The number of halogens is 3. The number of amides is 3. The molecule has 4 fully saturated rings. The van der Waals surface area contributed by atoms with Crippen molar-refractivity contribution in [2.75, 3.05) is 25.0 Å². The largest absolute Gasteiger partial charge is 0.654 e. The fourth-order valence-corrected chi connectivity index (χ4v) is 10.2. The van der Waals surface area contributed by atoms with Crippen LogP contribution in [0.25, 0.3) is 27.3 Å². The van der Waals surface area contributed by atoms with Gasteiger partial charge in [-0.3, -0.25) is 33.5 Å². The molecule has 0 radical (unpaired) electrons. The Morgan fingerprint density at radius 3 is 2.52 bits per heavy atom. The summed E-state index contributed by atoms with van der Waals surface area (Å²) in [6.45, 7) is 5.97. The molecule has 3 N–H and O–H groups in total. The van der Waals surface area contributed by atoms with Gasteiger partial charge in [-0.05, 0) is 107 Å². The Morgan fingerprint density at radius 2 is 1.79 bits per heavy atom. The number of para-hydroxylation sites is 1. The summed E-state index contributed by atoms with van der Waals surface area (Å²) in [6.07, 6.45) is 3.44. The zero-order valence-electron chi connectivity index (χ0n) is 34.3. The number of alkyl halides is 3. The lowest BCUT2D eigenvalue weighted by Crippen LogP contribution is -2.44. The van der Waals surface area contributed by atoms with Crippen LogP contribution in [0.4, 0.5) is 18.9 Å². The van der Waals surface area contributed by atoms with Crippen molar-refractivity contribution in [3.05, 3.63) is 93.0 Å². The number of piperidine rings is 1. The second-order valence-corrected chi connectivity index (χ2v) is 17.9. The number of fused-ring (bicyclic) bond motifs is 4. The maximum absolute atomic E-state index is 13.5. The lowest BCUT2D eigenvalue weighted by atomic mass is 9.85. The molecule has 2 aromatic carbocycles. The zero-order valence-corrected chi connectivity index (χ0v) is 34.3. The summed E-state index contributed by atoms with van der Waals surface area (Å²) in [5, 5.41) is 26.9. The van der Waals surface area contributed by atoms with Crippen LogP contribution in [0.15, 0.2) is 59.5 Å². The number of imide groups is 1. The van der Waals surface area contributed by atoms with Crippen LogP contribution in [0.2, 0.25) is 0 Å². The van der Waals surface area contributed by atoms with Gasteiger partial charge in [-0.1, -0.05) is 30.5 Å². The topological polar surface area (TPSA) is 170 Å². The summed E-state index contributed by atoms with van der Waals surface area (Å²) in [5.41, 5.74) is 0.684. The first kappa shape index (κ1) is 41.0. The van der Waals surface area contributed by atoms with E-state index in [-0.39, 0.29) is 47.5 Å². The van der Waals surface area contributed by atoms with E-state index >= 15 is 0 Å². The number of aliphatic hydroxyl groups is 1. The lowest BCUT2D eigenvalue weighted by molar-refractivity contribution is -0.141. The second kappa shape index (κ2) is 15.5. The first-order chi connectivity index (χ1) is 29.0. The van der Waals surface area contributed by atoms with Gasteiger partial charge in [-0.2, -0.15) is 18.3 Å². The molecule has 2 bridgehead atoms. The summed E-state index contributed by atoms with van der Waals surface area (Å²) in [5.74, 6) is -0.714. The fraction of sp³-hybridized carbons (Fsp3) is 0.500. The van der Waals surface area contributed by atoms with E-state index in [2.05, 4.69) is 26.6 Å². The standard InChI is InChI=1S/C44H49F3N9O5/c1-43(2,61)30-19-32-27(18-33(30)50-40(58)31-7-5-9-37(49-31)44(45,46)47)21-55(52-32)29-12-10-24(11-13-29)20-54-22-28-17-26(34(23-54)48-28)16-25-6-4-8-35-39(25)53(3)42(60)56(35)36-14-15-38(57)51-41(36)59/h4-9,18-19,21,24,26,28-29,34,36,61H,10-17,20,22-23H2,1-3H3,(H,50,58)(H,51,57,59)/q-1/t24?,26?,28-,29?,34-,36?/m1/s1. The maximum atomic E-state index is 13.5. The van der Waals surface area contributed by atoms with Crippen molar-refractivity contribution in [1.29, 1.82) is 0 Å². The van der Waals surface area contributed by atoms with Crippen LogP contribution in [-0.4, -0.2) is 83.3 Å². The Morgan fingerprint density at radius 1 is 1.02 bits per heavy atom. The van der Waals surface area contributed by atoms with Crippen LogP contribution in [0.1, 0.15) is 98.2 Å². The van der Waals surface area contributed by atoms with E-state index in [1.165, 1.54) is 6.07 Å². The van der Waals surface area contributed by atoms with Crippen LogP contribution in [0, 0.1) is 11.8 Å². The summed E-state index contributed by atoms with van der Waals surface area (Å²) >= 11 is 0.